The van der Waals surface area contributed by atoms with E-state index in [1.165, 1.54) is 18.4 Å². The summed E-state index contributed by atoms with van der Waals surface area (Å²) in [7, 11) is 1.74. The molecule has 0 radical (unpaired) electrons. The molecule has 150 valence electrons. The number of carbonyl (C=O) groups is 2. The molecule has 8 nitrogen and oxygen atoms in total. The van der Waals surface area contributed by atoms with Gasteiger partial charge in [0.05, 0.1) is 0 Å². The zero-order valence-electron chi connectivity index (χ0n) is 16.4. The van der Waals surface area contributed by atoms with E-state index in [0.717, 1.165) is 18.4 Å². The molecule has 1 fully saturated rings. The van der Waals surface area contributed by atoms with Crippen molar-refractivity contribution in [2.24, 2.45) is 0 Å². The number of likely N-dealkylation sites (N-methyl/N-ethyl adjacent to an activating group) is 1. The van der Waals surface area contributed by atoms with Gasteiger partial charge in [-0.15, -0.1) is 0 Å². The van der Waals surface area contributed by atoms with Gasteiger partial charge in [-0.3, -0.25) is 4.79 Å². The van der Waals surface area contributed by atoms with Crippen LogP contribution in [0.3, 0.4) is 0 Å². The molecule has 0 bridgehead atoms. The molecule has 1 heterocycles. The highest BCUT2D eigenvalue weighted by atomic mass is 16.5. The summed E-state index contributed by atoms with van der Waals surface area (Å²) >= 11 is 0. The van der Waals surface area contributed by atoms with Crippen molar-refractivity contribution in [2.45, 2.75) is 51.6 Å². The lowest BCUT2D eigenvalue weighted by molar-refractivity contribution is 0.0907. The Balaban J connectivity index is 1.43. The quantitative estimate of drug-likeness (QED) is 0.762. The van der Waals surface area contributed by atoms with Crippen LogP contribution in [0.2, 0.25) is 0 Å². The minimum atomic E-state index is -0.411. The molecular formula is C20H27N5O3. The maximum Gasteiger partial charge on any atom is 0.317 e. The molecule has 0 spiro atoms. The number of aromatic nitrogens is 2. The standard InChI is InChI=1S/C20H27N5O3/c1-14-7-9-15(10-8-14)13-21-18(26)19-23-17(24-28-19)11-12-25(2)20(27)22-16-5-3-4-6-16/h7-10,16H,3-6,11-13H2,1-2H3,(H,21,26)(H,22,27). The molecule has 1 aliphatic carbocycles. The van der Waals surface area contributed by atoms with E-state index < -0.39 is 5.91 Å². The third-order valence-corrected chi connectivity index (χ3v) is 4.94. The zero-order chi connectivity index (χ0) is 19.9. The summed E-state index contributed by atoms with van der Waals surface area (Å²) in [6.07, 6.45) is 4.86. The minimum Gasteiger partial charge on any atom is -0.344 e. The molecule has 0 atom stereocenters. The predicted molar refractivity (Wildman–Crippen MR) is 104 cm³/mol. The lowest BCUT2D eigenvalue weighted by Crippen LogP contribution is -2.42. The summed E-state index contributed by atoms with van der Waals surface area (Å²) in [5, 5.41) is 9.63. The lowest BCUT2D eigenvalue weighted by atomic mass is 10.1. The highest BCUT2D eigenvalue weighted by Gasteiger charge is 2.20. The second-order valence-corrected chi connectivity index (χ2v) is 7.29. The van der Waals surface area contributed by atoms with E-state index in [1.807, 2.05) is 31.2 Å². The first-order valence-electron chi connectivity index (χ1n) is 9.69. The van der Waals surface area contributed by atoms with Crippen molar-refractivity contribution in [3.05, 3.63) is 47.1 Å². The van der Waals surface area contributed by atoms with Gasteiger partial charge in [-0.2, -0.15) is 4.98 Å². The van der Waals surface area contributed by atoms with Crippen LogP contribution in [-0.4, -0.2) is 46.6 Å². The summed E-state index contributed by atoms with van der Waals surface area (Å²) in [6.45, 7) is 2.85. The molecular weight excluding hydrogens is 358 g/mol. The molecule has 8 heteroatoms. The molecule has 3 rings (SSSR count). The normalized spacial score (nSPS) is 14.1. The number of benzene rings is 1. The van der Waals surface area contributed by atoms with Crippen molar-refractivity contribution in [3.63, 3.8) is 0 Å². The fourth-order valence-corrected chi connectivity index (χ4v) is 3.14. The Morgan fingerprint density at radius 3 is 2.64 bits per heavy atom. The third kappa shape index (κ3) is 5.55. The molecule has 3 amide bonds. The highest BCUT2D eigenvalue weighted by Crippen LogP contribution is 2.17. The van der Waals surface area contributed by atoms with Gasteiger partial charge < -0.3 is 20.1 Å². The van der Waals surface area contributed by atoms with Crippen LogP contribution in [0, 0.1) is 6.92 Å². The van der Waals surface area contributed by atoms with E-state index in [9.17, 15) is 9.59 Å². The fourth-order valence-electron chi connectivity index (χ4n) is 3.14. The van der Waals surface area contributed by atoms with Gasteiger partial charge in [-0.25, -0.2) is 4.79 Å². The summed E-state index contributed by atoms with van der Waals surface area (Å²) in [5.74, 6) is -0.0761. The second-order valence-electron chi connectivity index (χ2n) is 7.29. The van der Waals surface area contributed by atoms with E-state index in [1.54, 1.807) is 11.9 Å². The Bertz CT molecular complexity index is 796. The molecule has 1 aliphatic rings. The second kappa shape index (κ2) is 9.34. The summed E-state index contributed by atoms with van der Waals surface area (Å²) in [6, 6.07) is 8.09. The first-order valence-corrected chi connectivity index (χ1v) is 9.69. The minimum absolute atomic E-state index is 0.0693. The topological polar surface area (TPSA) is 100 Å². The Morgan fingerprint density at radius 2 is 1.93 bits per heavy atom. The van der Waals surface area contributed by atoms with Crippen molar-refractivity contribution in [1.29, 1.82) is 0 Å². The van der Waals surface area contributed by atoms with Crippen molar-refractivity contribution in [2.75, 3.05) is 13.6 Å². The van der Waals surface area contributed by atoms with Gasteiger partial charge in [0.25, 0.3) is 0 Å². The fraction of sp³-hybridized carbons (Fsp3) is 0.500. The Labute approximate surface area is 164 Å². The van der Waals surface area contributed by atoms with Gasteiger partial charge in [0.2, 0.25) is 0 Å². The molecule has 1 saturated carbocycles. The maximum absolute atomic E-state index is 12.2. The van der Waals surface area contributed by atoms with Crippen molar-refractivity contribution >= 4 is 11.9 Å². The predicted octanol–water partition coefficient (Wildman–Crippen LogP) is 2.43. The van der Waals surface area contributed by atoms with Crippen LogP contribution < -0.4 is 10.6 Å². The molecule has 0 unspecified atom stereocenters. The number of urea groups is 1. The van der Waals surface area contributed by atoms with Crippen molar-refractivity contribution in [3.8, 4) is 0 Å². The lowest BCUT2D eigenvalue weighted by Gasteiger charge is -2.20. The van der Waals surface area contributed by atoms with Crippen molar-refractivity contribution in [1.82, 2.24) is 25.7 Å². The smallest absolute Gasteiger partial charge is 0.317 e. The van der Waals surface area contributed by atoms with Crippen LogP contribution in [0.25, 0.3) is 0 Å². The van der Waals surface area contributed by atoms with Crippen LogP contribution in [0.5, 0.6) is 0 Å². The number of rotatable bonds is 7. The van der Waals surface area contributed by atoms with Gasteiger partial charge in [0, 0.05) is 32.6 Å². The summed E-state index contributed by atoms with van der Waals surface area (Å²) in [4.78, 5) is 30.0. The monoisotopic (exact) mass is 385 g/mol. The molecule has 0 aliphatic heterocycles. The van der Waals surface area contributed by atoms with E-state index in [2.05, 4.69) is 20.8 Å². The Kier molecular flexibility index (Phi) is 6.62. The largest absolute Gasteiger partial charge is 0.344 e. The van der Waals surface area contributed by atoms with Gasteiger partial charge in [-0.1, -0.05) is 47.8 Å². The highest BCUT2D eigenvalue weighted by molar-refractivity contribution is 5.89. The molecule has 1 aromatic heterocycles. The number of nitrogens with zero attached hydrogens (tertiary/aromatic N) is 3. The van der Waals surface area contributed by atoms with Crippen LogP contribution in [0.4, 0.5) is 4.79 Å². The number of aryl methyl sites for hydroxylation is 1. The van der Waals surface area contributed by atoms with E-state index in [4.69, 9.17) is 4.52 Å². The molecule has 28 heavy (non-hydrogen) atoms. The number of carbonyl (C=O) groups excluding carboxylic acids is 2. The van der Waals surface area contributed by atoms with E-state index in [-0.39, 0.29) is 18.0 Å². The number of nitrogens with one attached hydrogen (secondary N) is 2. The number of hydrogen-bond donors (Lipinski definition) is 2. The first kappa shape index (κ1) is 19.9. The summed E-state index contributed by atoms with van der Waals surface area (Å²) in [5.41, 5.74) is 2.16. The van der Waals surface area contributed by atoms with E-state index in [0.29, 0.717) is 25.3 Å². The summed E-state index contributed by atoms with van der Waals surface area (Å²) < 4.78 is 5.04. The van der Waals surface area contributed by atoms with Gasteiger partial charge in [-0.05, 0) is 25.3 Å². The molecule has 2 N–H and O–H groups in total. The van der Waals surface area contributed by atoms with Gasteiger partial charge >= 0.3 is 17.8 Å². The van der Waals surface area contributed by atoms with Crippen LogP contribution in [0.1, 0.15) is 53.3 Å². The van der Waals surface area contributed by atoms with Gasteiger partial charge in [0.15, 0.2) is 5.82 Å². The molecule has 1 aromatic carbocycles. The SMILES string of the molecule is Cc1ccc(CNC(=O)c2nc(CCN(C)C(=O)NC3CCCC3)no2)cc1. The molecule has 2 aromatic rings. The van der Waals surface area contributed by atoms with Crippen LogP contribution in [0.15, 0.2) is 28.8 Å². The average molecular weight is 385 g/mol. The van der Waals surface area contributed by atoms with Crippen LogP contribution in [-0.2, 0) is 13.0 Å². The van der Waals surface area contributed by atoms with E-state index >= 15 is 0 Å². The average Bonchev–Trinajstić information content (AvgIpc) is 3.37. The molecule has 0 saturated heterocycles. The maximum atomic E-state index is 12.2. The Hall–Kier alpha value is -2.90. The zero-order valence-corrected chi connectivity index (χ0v) is 16.4. The third-order valence-electron chi connectivity index (χ3n) is 4.94. The van der Waals surface area contributed by atoms with Gasteiger partial charge in [0.1, 0.15) is 0 Å². The first-order chi connectivity index (χ1) is 13.5. The van der Waals surface area contributed by atoms with Crippen LogP contribution >= 0.6 is 0 Å². The Morgan fingerprint density at radius 1 is 1.21 bits per heavy atom. The number of hydrogen-bond acceptors (Lipinski definition) is 5. The van der Waals surface area contributed by atoms with Crippen molar-refractivity contribution < 1.29 is 14.1 Å². The number of amides is 3.